The van der Waals surface area contributed by atoms with E-state index in [9.17, 15) is 13.2 Å². The van der Waals surface area contributed by atoms with Gasteiger partial charge in [-0.2, -0.15) is 0 Å². The van der Waals surface area contributed by atoms with Gasteiger partial charge >= 0.3 is 0 Å². The van der Waals surface area contributed by atoms with Crippen LogP contribution in [0.4, 0.5) is 5.00 Å². The van der Waals surface area contributed by atoms with Crippen LogP contribution in [0.15, 0.2) is 23.1 Å². The zero-order chi connectivity index (χ0) is 22.2. The number of hydrogen-bond acceptors (Lipinski definition) is 8. The van der Waals surface area contributed by atoms with E-state index < -0.39 is 9.84 Å². The second kappa shape index (κ2) is 8.95. The molecule has 3 heterocycles. The average Bonchev–Trinajstić information content (AvgIpc) is 3.26. The van der Waals surface area contributed by atoms with Crippen LogP contribution in [0.2, 0.25) is 0 Å². The third kappa shape index (κ3) is 4.98. The first kappa shape index (κ1) is 22.3. The highest BCUT2D eigenvalue weighted by molar-refractivity contribution is 7.90. The van der Waals surface area contributed by atoms with Crippen molar-refractivity contribution in [1.82, 2.24) is 15.6 Å². The molecule has 0 saturated carbocycles. The fraction of sp³-hybridized carbons (Fsp3) is 0.429. The second-order valence-electron chi connectivity index (χ2n) is 7.96. The highest BCUT2D eigenvalue weighted by atomic mass is 32.2. The van der Waals surface area contributed by atoms with Gasteiger partial charge in [-0.15, -0.1) is 22.7 Å². The fourth-order valence-electron chi connectivity index (χ4n) is 3.56. The van der Waals surface area contributed by atoms with E-state index in [2.05, 4.69) is 29.8 Å². The van der Waals surface area contributed by atoms with Crippen molar-refractivity contribution in [3.63, 3.8) is 0 Å². The molecule has 0 saturated heterocycles. The first-order valence-corrected chi connectivity index (χ1v) is 13.7. The minimum atomic E-state index is -3.30. The lowest BCUT2D eigenvalue weighted by molar-refractivity contribution is -0.116. The zero-order valence-electron chi connectivity index (χ0n) is 17.7. The van der Waals surface area contributed by atoms with E-state index in [0.717, 1.165) is 39.8 Å². The van der Waals surface area contributed by atoms with E-state index in [1.165, 1.54) is 28.0 Å². The molecule has 0 aliphatic carbocycles. The van der Waals surface area contributed by atoms with Crippen LogP contribution in [-0.2, 0) is 27.6 Å². The van der Waals surface area contributed by atoms with Crippen LogP contribution in [0.25, 0.3) is 20.8 Å². The van der Waals surface area contributed by atoms with E-state index >= 15 is 0 Å². The Morgan fingerprint density at radius 2 is 2.10 bits per heavy atom. The molecule has 0 unspecified atom stereocenters. The van der Waals surface area contributed by atoms with Crippen molar-refractivity contribution in [3.8, 4) is 10.6 Å². The maximum Gasteiger partial charge on any atom is 0.226 e. The van der Waals surface area contributed by atoms with Crippen molar-refractivity contribution in [2.45, 2.75) is 44.2 Å². The van der Waals surface area contributed by atoms with Gasteiger partial charge in [0.2, 0.25) is 5.91 Å². The third-order valence-corrected chi connectivity index (χ3v) is 8.40. The summed E-state index contributed by atoms with van der Waals surface area (Å²) in [5.41, 5.74) is 2.87. The summed E-state index contributed by atoms with van der Waals surface area (Å²) >= 11 is 3.12. The third-order valence-electron chi connectivity index (χ3n) is 5.09. The fourth-order valence-corrected chi connectivity index (χ4v) is 6.52. The molecule has 0 atom stereocenters. The summed E-state index contributed by atoms with van der Waals surface area (Å²) in [6, 6.07) is 5.39. The van der Waals surface area contributed by atoms with Gasteiger partial charge in [0, 0.05) is 42.2 Å². The van der Waals surface area contributed by atoms with Gasteiger partial charge in [0.05, 0.1) is 15.1 Å². The minimum absolute atomic E-state index is 0.0265. The Morgan fingerprint density at radius 3 is 2.84 bits per heavy atom. The number of rotatable bonds is 7. The molecule has 3 N–H and O–H groups in total. The number of hydrogen-bond donors (Lipinski definition) is 3. The summed E-state index contributed by atoms with van der Waals surface area (Å²) in [5, 5.41) is 11.4. The van der Waals surface area contributed by atoms with Crippen molar-refractivity contribution in [1.29, 1.82) is 0 Å². The number of carbonyl (C=O) groups excluding carboxylic acids is 1. The molecule has 31 heavy (non-hydrogen) atoms. The number of carbonyl (C=O) groups is 1. The Bertz CT molecular complexity index is 1230. The monoisotopic (exact) mass is 478 g/mol. The number of aromatic nitrogens is 1. The lowest BCUT2D eigenvalue weighted by Crippen LogP contribution is -2.27. The first-order valence-electron chi connectivity index (χ1n) is 10.2. The van der Waals surface area contributed by atoms with Gasteiger partial charge in [-0.3, -0.25) is 4.79 Å². The Balaban J connectivity index is 1.70. The first-order chi connectivity index (χ1) is 14.7. The number of nitrogens with one attached hydrogen (secondary N) is 3. The molecule has 1 aliphatic heterocycles. The lowest BCUT2D eigenvalue weighted by Gasteiger charge is -2.13. The number of anilines is 1. The Hall–Kier alpha value is -1.85. The number of benzene rings is 1. The quantitative estimate of drug-likeness (QED) is 0.481. The van der Waals surface area contributed by atoms with Crippen LogP contribution in [0, 0.1) is 0 Å². The molecule has 166 valence electrons. The smallest absolute Gasteiger partial charge is 0.226 e. The van der Waals surface area contributed by atoms with Crippen LogP contribution in [0.3, 0.4) is 0 Å². The predicted octanol–water partition coefficient (Wildman–Crippen LogP) is 3.40. The van der Waals surface area contributed by atoms with Crippen LogP contribution in [0.5, 0.6) is 0 Å². The van der Waals surface area contributed by atoms with E-state index in [1.807, 2.05) is 6.07 Å². The molecule has 10 heteroatoms. The molecular weight excluding hydrogens is 452 g/mol. The standard InChI is InChI=1S/C21H26N4O3S3/c1-12(2)23-9-7-18(26)25-21-19(14-6-8-22-11-17(14)30-21)20-24-15-10-13(31(3,27)28)4-5-16(15)29-20/h4-5,10,12,22-23H,6-9,11H2,1-3H3,(H,25,26). The highest BCUT2D eigenvalue weighted by Crippen LogP contribution is 2.45. The normalized spacial score (nSPS) is 14.2. The van der Waals surface area contributed by atoms with E-state index in [0.29, 0.717) is 24.5 Å². The second-order valence-corrected chi connectivity index (χ2v) is 12.1. The summed E-state index contributed by atoms with van der Waals surface area (Å²) < 4.78 is 24.8. The minimum Gasteiger partial charge on any atom is -0.317 e. The number of thiophene rings is 1. The lowest BCUT2D eigenvalue weighted by atomic mass is 10.0. The molecule has 1 aromatic carbocycles. The molecule has 0 radical (unpaired) electrons. The largest absolute Gasteiger partial charge is 0.317 e. The van der Waals surface area contributed by atoms with E-state index in [1.54, 1.807) is 23.5 Å². The topological polar surface area (TPSA) is 100 Å². The van der Waals surface area contributed by atoms with E-state index in [4.69, 9.17) is 4.98 Å². The summed E-state index contributed by atoms with van der Waals surface area (Å²) in [7, 11) is -3.30. The SMILES string of the molecule is CC(C)NCCC(=O)Nc1sc2c(c1-c1nc3cc(S(C)(=O)=O)ccc3s1)CCNC2. The summed E-state index contributed by atoms with van der Waals surface area (Å²) in [6.45, 7) is 6.39. The Labute approximate surface area is 190 Å². The predicted molar refractivity (Wildman–Crippen MR) is 128 cm³/mol. The maximum absolute atomic E-state index is 12.6. The van der Waals surface area contributed by atoms with Crippen molar-refractivity contribution in [2.24, 2.45) is 0 Å². The molecule has 7 nitrogen and oxygen atoms in total. The van der Waals surface area contributed by atoms with Crippen LogP contribution in [-0.4, -0.2) is 44.7 Å². The van der Waals surface area contributed by atoms with Gasteiger partial charge in [0.25, 0.3) is 0 Å². The molecule has 3 aromatic rings. The molecule has 0 bridgehead atoms. The van der Waals surface area contributed by atoms with Crippen LogP contribution in [0.1, 0.15) is 30.7 Å². The van der Waals surface area contributed by atoms with Crippen molar-refractivity contribution < 1.29 is 13.2 Å². The van der Waals surface area contributed by atoms with Crippen molar-refractivity contribution in [3.05, 3.63) is 28.6 Å². The van der Waals surface area contributed by atoms with Gasteiger partial charge in [0.1, 0.15) is 10.0 Å². The number of nitrogens with zero attached hydrogens (tertiary/aromatic N) is 1. The molecule has 2 aromatic heterocycles. The zero-order valence-corrected chi connectivity index (χ0v) is 20.2. The molecule has 1 amide bonds. The number of fused-ring (bicyclic) bond motifs is 2. The molecule has 1 aliphatic rings. The number of sulfone groups is 1. The van der Waals surface area contributed by atoms with Gasteiger partial charge in [-0.05, 0) is 36.7 Å². The average molecular weight is 479 g/mol. The number of thiazole rings is 1. The van der Waals surface area contributed by atoms with Gasteiger partial charge in [-0.1, -0.05) is 13.8 Å². The summed E-state index contributed by atoms with van der Waals surface area (Å²) in [4.78, 5) is 18.8. The Kier molecular flexibility index (Phi) is 6.45. The maximum atomic E-state index is 12.6. The molecule has 0 spiro atoms. The molecule has 0 fully saturated rings. The van der Waals surface area contributed by atoms with Gasteiger partial charge in [-0.25, -0.2) is 13.4 Å². The Morgan fingerprint density at radius 1 is 1.29 bits per heavy atom. The molecule has 4 rings (SSSR count). The van der Waals surface area contributed by atoms with Crippen LogP contribution >= 0.6 is 22.7 Å². The highest BCUT2D eigenvalue weighted by Gasteiger charge is 2.25. The summed E-state index contributed by atoms with van der Waals surface area (Å²) in [5.74, 6) is -0.0265. The number of amides is 1. The summed E-state index contributed by atoms with van der Waals surface area (Å²) in [6.07, 6.45) is 2.47. The van der Waals surface area contributed by atoms with E-state index in [-0.39, 0.29) is 10.8 Å². The molecular formula is C21H26N4O3S3. The van der Waals surface area contributed by atoms with Crippen LogP contribution < -0.4 is 16.0 Å². The van der Waals surface area contributed by atoms with Crippen molar-refractivity contribution in [2.75, 3.05) is 24.7 Å². The van der Waals surface area contributed by atoms with Crippen molar-refractivity contribution >= 4 is 53.6 Å². The van der Waals surface area contributed by atoms with Gasteiger partial charge < -0.3 is 16.0 Å². The van der Waals surface area contributed by atoms with Gasteiger partial charge in [0.15, 0.2) is 9.84 Å².